The second-order valence-corrected chi connectivity index (χ2v) is 6.12. The van der Waals surface area contributed by atoms with Gasteiger partial charge in [0.15, 0.2) is 5.78 Å². The van der Waals surface area contributed by atoms with Crippen molar-refractivity contribution in [1.82, 2.24) is 0 Å². The minimum Gasteiger partial charge on any atom is -0.393 e. The van der Waals surface area contributed by atoms with E-state index in [2.05, 4.69) is 0 Å². The third-order valence-corrected chi connectivity index (χ3v) is 5.14. The van der Waals surface area contributed by atoms with Gasteiger partial charge in [0.05, 0.1) is 6.10 Å². The van der Waals surface area contributed by atoms with Gasteiger partial charge in [0.25, 0.3) is 0 Å². The second-order valence-electron chi connectivity index (χ2n) is 6.12. The molecule has 0 bridgehead atoms. The van der Waals surface area contributed by atoms with Crippen molar-refractivity contribution in [2.45, 2.75) is 57.5 Å². The zero-order valence-corrected chi connectivity index (χ0v) is 10.4. The van der Waals surface area contributed by atoms with Crippen LogP contribution in [0.25, 0.3) is 0 Å². The summed E-state index contributed by atoms with van der Waals surface area (Å²) in [5.74, 6) is 2.24. The number of aliphatic hydroxyl groups excluding tert-OH is 1. The molecular weight excluding hydrogens is 212 g/mol. The molecule has 17 heavy (non-hydrogen) atoms. The average molecular weight is 234 g/mol. The molecule has 2 nitrogen and oxygen atoms in total. The maximum atomic E-state index is 11.4. The van der Waals surface area contributed by atoms with E-state index in [4.69, 9.17) is 0 Å². The molecule has 2 fully saturated rings. The number of hydrogen-bond acceptors (Lipinski definition) is 2. The first-order valence-electron chi connectivity index (χ1n) is 7.15. The highest BCUT2D eigenvalue weighted by atomic mass is 16.3. The number of hydrogen-bond donors (Lipinski definition) is 1. The fraction of sp³-hybridized carbons (Fsp3) is 0.800. The van der Waals surface area contributed by atoms with Crippen molar-refractivity contribution in [2.75, 3.05) is 0 Å². The Morgan fingerprint density at radius 3 is 2.76 bits per heavy atom. The van der Waals surface area contributed by atoms with Gasteiger partial charge in [-0.05, 0) is 62.4 Å². The highest BCUT2D eigenvalue weighted by Gasteiger charge is 2.37. The van der Waals surface area contributed by atoms with E-state index < -0.39 is 0 Å². The van der Waals surface area contributed by atoms with Gasteiger partial charge in [0.1, 0.15) is 0 Å². The Morgan fingerprint density at radius 2 is 2.00 bits per heavy atom. The maximum Gasteiger partial charge on any atom is 0.155 e. The first-order chi connectivity index (χ1) is 8.24. The Hall–Kier alpha value is -0.630. The summed E-state index contributed by atoms with van der Waals surface area (Å²) in [6.07, 6.45) is 10.6. The number of aliphatic hydroxyl groups is 1. The number of fused-ring (bicyclic) bond motifs is 1. The standard InChI is InChI=1S/C15H22O2/c16-13-7-6-10-8-12(5-4-11(10)9-13)14-2-1-3-15(14)17/h9-10,12,14-15,17H,1-8H2/t10-,12-,14-,15-/m0/s1. The van der Waals surface area contributed by atoms with Crippen LogP contribution in [0.3, 0.4) is 0 Å². The van der Waals surface area contributed by atoms with Gasteiger partial charge in [0.2, 0.25) is 0 Å². The molecule has 4 atom stereocenters. The van der Waals surface area contributed by atoms with Crippen LogP contribution >= 0.6 is 0 Å². The molecule has 0 aromatic carbocycles. The summed E-state index contributed by atoms with van der Waals surface area (Å²) < 4.78 is 0. The highest BCUT2D eigenvalue weighted by molar-refractivity contribution is 5.91. The van der Waals surface area contributed by atoms with E-state index >= 15 is 0 Å². The monoisotopic (exact) mass is 234 g/mol. The van der Waals surface area contributed by atoms with E-state index in [0.29, 0.717) is 23.5 Å². The van der Waals surface area contributed by atoms with Crippen LogP contribution in [0.5, 0.6) is 0 Å². The normalized spacial score (nSPS) is 42.2. The smallest absolute Gasteiger partial charge is 0.155 e. The minimum atomic E-state index is -0.0456. The van der Waals surface area contributed by atoms with E-state index in [1.54, 1.807) is 0 Å². The van der Waals surface area contributed by atoms with E-state index in [-0.39, 0.29) is 6.10 Å². The molecule has 0 radical (unpaired) electrons. The Bertz CT molecular complexity index is 345. The van der Waals surface area contributed by atoms with Crippen LogP contribution in [0.2, 0.25) is 0 Å². The summed E-state index contributed by atoms with van der Waals surface area (Å²) in [4.78, 5) is 11.4. The van der Waals surface area contributed by atoms with Gasteiger partial charge in [0, 0.05) is 6.42 Å². The predicted octanol–water partition coefficient (Wildman–Crippen LogP) is 2.85. The predicted molar refractivity (Wildman–Crippen MR) is 66.5 cm³/mol. The summed E-state index contributed by atoms with van der Waals surface area (Å²) in [6.45, 7) is 0. The van der Waals surface area contributed by atoms with E-state index in [0.717, 1.165) is 25.7 Å². The van der Waals surface area contributed by atoms with E-state index in [1.165, 1.54) is 31.3 Å². The van der Waals surface area contributed by atoms with Crippen molar-refractivity contribution in [3.63, 3.8) is 0 Å². The Morgan fingerprint density at radius 1 is 1.12 bits per heavy atom. The molecule has 0 aromatic heterocycles. The van der Waals surface area contributed by atoms with Gasteiger partial charge < -0.3 is 5.11 Å². The molecule has 3 aliphatic carbocycles. The van der Waals surface area contributed by atoms with Crippen molar-refractivity contribution < 1.29 is 9.90 Å². The van der Waals surface area contributed by atoms with Crippen LogP contribution in [0, 0.1) is 17.8 Å². The van der Waals surface area contributed by atoms with Crippen LogP contribution in [0.15, 0.2) is 11.6 Å². The summed E-state index contributed by atoms with van der Waals surface area (Å²) in [5, 5.41) is 10.0. The third kappa shape index (κ3) is 2.20. The fourth-order valence-electron chi connectivity index (χ4n) is 4.19. The number of allylic oxidation sites excluding steroid dienone is 2. The SMILES string of the molecule is O=C1C=C2CC[C@H]([C@@H]3CCC[C@@H]3O)C[C@@H]2CC1. The third-order valence-electron chi connectivity index (χ3n) is 5.14. The molecule has 0 spiro atoms. The second kappa shape index (κ2) is 4.56. The average Bonchev–Trinajstić information content (AvgIpc) is 2.75. The molecule has 0 unspecified atom stereocenters. The van der Waals surface area contributed by atoms with E-state index in [9.17, 15) is 9.90 Å². The first kappa shape index (κ1) is 11.5. The van der Waals surface area contributed by atoms with Crippen LogP contribution < -0.4 is 0 Å². The number of rotatable bonds is 1. The Balaban J connectivity index is 1.68. The summed E-state index contributed by atoms with van der Waals surface area (Å²) in [7, 11) is 0. The zero-order valence-electron chi connectivity index (χ0n) is 10.4. The molecule has 0 aliphatic heterocycles. The first-order valence-corrected chi connectivity index (χ1v) is 7.15. The molecule has 3 rings (SSSR count). The number of carbonyl (C=O) groups is 1. The van der Waals surface area contributed by atoms with Crippen LogP contribution in [0.1, 0.15) is 51.4 Å². The molecule has 0 aromatic rings. The van der Waals surface area contributed by atoms with Gasteiger partial charge in [-0.25, -0.2) is 0 Å². The van der Waals surface area contributed by atoms with Crippen molar-refractivity contribution in [3.8, 4) is 0 Å². The summed E-state index contributed by atoms with van der Waals surface area (Å²) >= 11 is 0. The van der Waals surface area contributed by atoms with Crippen LogP contribution in [-0.2, 0) is 4.79 Å². The molecule has 1 N–H and O–H groups in total. The quantitative estimate of drug-likeness (QED) is 0.757. The molecule has 0 saturated heterocycles. The zero-order chi connectivity index (χ0) is 11.8. The maximum absolute atomic E-state index is 11.4. The fourth-order valence-corrected chi connectivity index (χ4v) is 4.19. The van der Waals surface area contributed by atoms with Crippen LogP contribution in [0.4, 0.5) is 0 Å². The molecule has 3 aliphatic rings. The van der Waals surface area contributed by atoms with Crippen molar-refractivity contribution in [2.24, 2.45) is 17.8 Å². The summed E-state index contributed by atoms with van der Waals surface area (Å²) in [5.41, 5.74) is 1.41. The molecular formula is C15H22O2. The molecule has 2 heteroatoms. The lowest BCUT2D eigenvalue weighted by molar-refractivity contribution is -0.115. The highest BCUT2D eigenvalue weighted by Crippen LogP contribution is 2.45. The van der Waals surface area contributed by atoms with E-state index in [1.807, 2.05) is 6.08 Å². The minimum absolute atomic E-state index is 0.0456. The number of carbonyl (C=O) groups excluding carboxylic acids is 1. The molecule has 94 valence electrons. The van der Waals surface area contributed by atoms with Gasteiger partial charge in [-0.3, -0.25) is 4.79 Å². The lowest BCUT2D eigenvalue weighted by Gasteiger charge is -2.37. The Kier molecular flexibility index (Phi) is 3.08. The lowest BCUT2D eigenvalue weighted by atomic mass is 9.68. The molecule has 2 saturated carbocycles. The Labute approximate surface area is 103 Å². The summed E-state index contributed by atoms with van der Waals surface area (Å²) in [6, 6.07) is 0. The van der Waals surface area contributed by atoms with Crippen molar-refractivity contribution >= 4 is 5.78 Å². The molecule has 0 amide bonds. The topological polar surface area (TPSA) is 37.3 Å². The van der Waals surface area contributed by atoms with Gasteiger partial charge in [-0.1, -0.05) is 12.0 Å². The van der Waals surface area contributed by atoms with Gasteiger partial charge >= 0.3 is 0 Å². The van der Waals surface area contributed by atoms with Crippen LogP contribution in [-0.4, -0.2) is 17.0 Å². The van der Waals surface area contributed by atoms with Crippen molar-refractivity contribution in [1.29, 1.82) is 0 Å². The van der Waals surface area contributed by atoms with Gasteiger partial charge in [-0.15, -0.1) is 0 Å². The lowest BCUT2D eigenvalue weighted by Crippen LogP contribution is -2.30. The van der Waals surface area contributed by atoms with Gasteiger partial charge in [-0.2, -0.15) is 0 Å². The largest absolute Gasteiger partial charge is 0.393 e. The van der Waals surface area contributed by atoms with Crippen molar-refractivity contribution in [3.05, 3.63) is 11.6 Å². The molecule has 0 heterocycles. The number of ketones is 1.